The normalized spacial score (nSPS) is 18.0. The van der Waals surface area contributed by atoms with Gasteiger partial charge in [0.1, 0.15) is 0 Å². The zero-order chi connectivity index (χ0) is 16.1. The molecule has 0 radical (unpaired) electrons. The van der Waals surface area contributed by atoms with Crippen molar-refractivity contribution in [3.63, 3.8) is 0 Å². The molecule has 1 saturated heterocycles. The molecule has 122 valence electrons. The number of rotatable bonds is 5. The van der Waals surface area contributed by atoms with Gasteiger partial charge in [-0.25, -0.2) is 0 Å². The average Bonchev–Trinajstić information content (AvgIpc) is 2.62. The van der Waals surface area contributed by atoms with Crippen LogP contribution in [0.15, 0.2) is 36.8 Å². The van der Waals surface area contributed by atoms with E-state index in [1.807, 2.05) is 18.3 Å². The van der Waals surface area contributed by atoms with Crippen molar-refractivity contribution in [1.29, 1.82) is 0 Å². The van der Waals surface area contributed by atoms with Gasteiger partial charge in [-0.2, -0.15) is 10.2 Å². The second-order valence-corrected chi connectivity index (χ2v) is 6.53. The molecule has 0 spiro atoms. The van der Waals surface area contributed by atoms with Gasteiger partial charge in [-0.15, -0.1) is 0 Å². The monoisotopic (exact) mass is 311 g/mol. The van der Waals surface area contributed by atoms with E-state index in [1.54, 1.807) is 12.4 Å². The van der Waals surface area contributed by atoms with Crippen LogP contribution in [-0.4, -0.2) is 39.7 Å². The Kier molecular flexibility index (Phi) is 5.31. The number of piperidine rings is 1. The van der Waals surface area contributed by atoms with E-state index < -0.39 is 0 Å². The van der Waals surface area contributed by atoms with E-state index in [1.165, 1.54) is 25.9 Å². The van der Waals surface area contributed by atoms with Crippen LogP contribution in [-0.2, 0) is 0 Å². The van der Waals surface area contributed by atoms with E-state index >= 15 is 0 Å². The highest BCUT2D eigenvalue weighted by Crippen LogP contribution is 2.21. The Morgan fingerprint density at radius 3 is 2.65 bits per heavy atom. The van der Waals surface area contributed by atoms with Crippen molar-refractivity contribution in [2.45, 2.75) is 32.2 Å². The SMILES string of the molecule is CC1CCN(CC[C@@H](N)c2ccc(-c3ccnnc3)nc2)CC1. The van der Waals surface area contributed by atoms with Gasteiger partial charge >= 0.3 is 0 Å². The van der Waals surface area contributed by atoms with Gasteiger partial charge in [-0.05, 0) is 62.5 Å². The molecule has 3 rings (SSSR count). The third-order valence-electron chi connectivity index (χ3n) is 4.73. The summed E-state index contributed by atoms with van der Waals surface area (Å²) in [7, 11) is 0. The van der Waals surface area contributed by atoms with Crippen molar-refractivity contribution >= 4 is 0 Å². The van der Waals surface area contributed by atoms with E-state index in [0.717, 1.165) is 35.7 Å². The zero-order valence-corrected chi connectivity index (χ0v) is 13.7. The second-order valence-electron chi connectivity index (χ2n) is 6.53. The van der Waals surface area contributed by atoms with Gasteiger partial charge in [-0.1, -0.05) is 13.0 Å². The van der Waals surface area contributed by atoms with Crippen molar-refractivity contribution in [3.05, 3.63) is 42.4 Å². The molecule has 5 heteroatoms. The van der Waals surface area contributed by atoms with Crippen LogP contribution in [0.2, 0.25) is 0 Å². The Morgan fingerprint density at radius 2 is 2.00 bits per heavy atom. The molecule has 0 unspecified atom stereocenters. The minimum atomic E-state index is 0.0477. The standard InChI is InChI=1S/C18H25N5/c1-14-5-9-23(10-6-14)11-7-17(19)15-2-3-18(20-12-15)16-4-8-21-22-13-16/h2-4,8,12-14,17H,5-7,9-11,19H2,1H3/t17-/m1/s1. The summed E-state index contributed by atoms with van der Waals surface area (Å²) in [5.74, 6) is 0.874. The molecule has 2 N–H and O–H groups in total. The van der Waals surface area contributed by atoms with E-state index in [0.29, 0.717) is 0 Å². The number of hydrogen-bond acceptors (Lipinski definition) is 5. The van der Waals surface area contributed by atoms with Gasteiger partial charge in [0.05, 0.1) is 18.1 Å². The first-order chi connectivity index (χ1) is 11.2. The third-order valence-corrected chi connectivity index (χ3v) is 4.73. The quantitative estimate of drug-likeness (QED) is 0.919. The fourth-order valence-electron chi connectivity index (χ4n) is 3.01. The summed E-state index contributed by atoms with van der Waals surface area (Å²) in [6.07, 6.45) is 8.89. The van der Waals surface area contributed by atoms with Crippen LogP contribution in [0.25, 0.3) is 11.3 Å². The number of likely N-dealkylation sites (tertiary alicyclic amines) is 1. The molecule has 0 amide bonds. The Labute approximate surface area is 137 Å². The molecule has 2 aromatic heterocycles. The van der Waals surface area contributed by atoms with Crippen molar-refractivity contribution < 1.29 is 0 Å². The topological polar surface area (TPSA) is 67.9 Å². The maximum atomic E-state index is 6.34. The van der Waals surface area contributed by atoms with Gasteiger partial charge in [0, 0.05) is 17.8 Å². The van der Waals surface area contributed by atoms with E-state index in [9.17, 15) is 0 Å². The summed E-state index contributed by atoms with van der Waals surface area (Å²) >= 11 is 0. The van der Waals surface area contributed by atoms with Crippen LogP contribution >= 0.6 is 0 Å². The first kappa shape index (κ1) is 16.0. The van der Waals surface area contributed by atoms with Gasteiger partial charge < -0.3 is 10.6 Å². The van der Waals surface area contributed by atoms with Crippen LogP contribution in [0.5, 0.6) is 0 Å². The molecule has 0 bridgehead atoms. The lowest BCUT2D eigenvalue weighted by atomic mass is 9.98. The Bertz CT molecular complexity index is 591. The molecule has 1 atom stereocenters. The van der Waals surface area contributed by atoms with Gasteiger partial charge in [-0.3, -0.25) is 4.98 Å². The number of nitrogens with zero attached hydrogens (tertiary/aromatic N) is 4. The molecule has 1 aliphatic heterocycles. The van der Waals surface area contributed by atoms with E-state index in [2.05, 4.69) is 33.1 Å². The predicted octanol–water partition coefficient (Wildman–Crippen LogP) is 2.66. The first-order valence-electron chi connectivity index (χ1n) is 8.43. The lowest BCUT2D eigenvalue weighted by molar-refractivity contribution is 0.187. The molecule has 3 heterocycles. The highest BCUT2D eigenvalue weighted by Gasteiger charge is 2.16. The Hall–Kier alpha value is -1.85. The van der Waals surface area contributed by atoms with Crippen molar-refractivity contribution in [2.75, 3.05) is 19.6 Å². The maximum Gasteiger partial charge on any atom is 0.0718 e. The maximum absolute atomic E-state index is 6.34. The number of nitrogens with two attached hydrogens (primary N) is 1. The van der Waals surface area contributed by atoms with Crippen LogP contribution < -0.4 is 5.73 Å². The zero-order valence-electron chi connectivity index (χ0n) is 13.7. The molecule has 5 nitrogen and oxygen atoms in total. The molecular weight excluding hydrogens is 286 g/mol. The number of pyridine rings is 1. The van der Waals surface area contributed by atoms with Gasteiger partial charge in [0.2, 0.25) is 0 Å². The van der Waals surface area contributed by atoms with Gasteiger partial charge in [0.25, 0.3) is 0 Å². The lowest BCUT2D eigenvalue weighted by Gasteiger charge is -2.30. The van der Waals surface area contributed by atoms with E-state index in [-0.39, 0.29) is 6.04 Å². The summed E-state index contributed by atoms with van der Waals surface area (Å²) in [5.41, 5.74) is 9.32. The van der Waals surface area contributed by atoms with Crippen LogP contribution in [0.4, 0.5) is 0 Å². The largest absolute Gasteiger partial charge is 0.324 e. The fourth-order valence-corrected chi connectivity index (χ4v) is 3.01. The molecule has 0 aromatic carbocycles. The highest BCUT2D eigenvalue weighted by atomic mass is 15.1. The van der Waals surface area contributed by atoms with Crippen molar-refractivity contribution in [3.8, 4) is 11.3 Å². The molecule has 0 saturated carbocycles. The second kappa shape index (κ2) is 7.62. The van der Waals surface area contributed by atoms with E-state index in [4.69, 9.17) is 5.73 Å². The summed E-state index contributed by atoms with van der Waals surface area (Å²) < 4.78 is 0. The first-order valence-corrected chi connectivity index (χ1v) is 8.43. The molecule has 2 aromatic rings. The minimum absolute atomic E-state index is 0.0477. The Balaban J connectivity index is 1.54. The number of hydrogen-bond donors (Lipinski definition) is 1. The fraction of sp³-hybridized carbons (Fsp3) is 0.500. The van der Waals surface area contributed by atoms with Crippen molar-refractivity contribution in [1.82, 2.24) is 20.1 Å². The Morgan fingerprint density at radius 1 is 1.17 bits per heavy atom. The highest BCUT2D eigenvalue weighted by molar-refractivity contribution is 5.57. The molecule has 0 aliphatic carbocycles. The molecule has 23 heavy (non-hydrogen) atoms. The summed E-state index contributed by atoms with van der Waals surface area (Å²) in [6, 6.07) is 6.04. The average molecular weight is 311 g/mol. The summed E-state index contributed by atoms with van der Waals surface area (Å²) in [6.45, 7) is 5.83. The summed E-state index contributed by atoms with van der Waals surface area (Å²) in [5, 5.41) is 7.67. The summed E-state index contributed by atoms with van der Waals surface area (Å²) in [4.78, 5) is 7.05. The number of aromatic nitrogens is 3. The van der Waals surface area contributed by atoms with Crippen LogP contribution in [0, 0.1) is 5.92 Å². The predicted molar refractivity (Wildman–Crippen MR) is 91.6 cm³/mol. The molecule has 1 aliphatic rings. The lowest BCUT2D eigenvalue weighted by Crippen LogP contribution is -2.34. The molecular formula is C18H25N5. The molecule has 1 fully saturated rings. The minimum Gasteiger partial charge on any atom is -0.324 e. The van der Waals surface area contributed by atoms with Gasteiger partial charge in [0.15, 0.2) is 0 Å². The van der Waals surface area contributed by atoms with Crippen LogP contribution in [0.3, 0.4) is 0 Å². The smallest absolute Gasteiger partial charge is 0.0718 e. The van der Waals surface area contributed by atoms with Crippen LogP contribution in [0.1, 0.15) is 37.8 Å². The third kappa shape index (κ3) is 4.33. The van der Waals surface area contributed by atoms with Crippen molar-refractivity contribution in [2.24, 2.45) is 11.7 Å².